The van der Waals surface area contributed by atoms with Crippen LogP contribution in [0.4, 0.5) is 0 Å². The SMILES string of the molecule is COC(=O)c1occc1CSc1n[nH]c(C2CCCC2)n1. The van der Waals surface area contributed by atoms with E-state index in [-0.39, 0.29) is 5.76 Å². The van der Waals surface area contributed by atoms with Crippen molar-refractivity contribution >= 4 is 17.7 Å². The summed E-state index contributed by atoms with van der Waals surface area (Å²) < 4.78 is 9.84. The number of furan rings is 1. The Morgan fingerprint density at radius 1 is 1.52 bits per heavy atom. The number of H-pyrrole nitrogens is 1. The highest BCUT2D eigenvalue weighted by atomic mass is 32.2. The minimum absolute atomic E-state index is 0.247. The fraction of sp³-hybridized carbons (Fsp3) is 0.500. The summed E-state index contributed by atoms with van der Waals surface area (Å²) in [4.78, 5) is 16.1. The monoisotopic (exact) mass is 307 g/mol. The summed E-state index contributed by atoms with van der Waals surface area (Å²) >= 11 is 1.48. The van der Waals surface area contributed by atoms with Gasteiger partial charge in [0, 0.05) is 17.2 Å². The van der Waals surface area contributed by atoms with Gasteiger partial charge in [0.05, 0.1) is 13.4 Å². The Kier molecular flexibility index (Phi) is 4.28. The van der Waals surface area contributed by atoms with Gasteiger partial charge >= 0.3 is 5.97 Å². The summed E-state index contributed by atoms with van der Waals surface area (Å²) in [5, 5.41) is 7.97. The number of rotatable bonds is 5. The number of thioether (sulfide) groups is 1. The van der Waals surface area contributed by atoms with Crippen LogP contribution in [0.2, 0.25) is 0 Å². The summed E-state index contributed by atoms with van der Waals surface area (Å²) in [6.07, 6.45) is 6.40. The van der Waals surface area contributed by atoms with Gasteiger partial charge in [-0.3, -0.25) is 5.10 Å². The standard InChI is InChI=1S/C14H17N3O3S/c1-19-13(18)11-10(6-7-20-11)8-21-14-15-12(16-17-14)9-4-2-3-5-9/h6-7,9H,2-5,8H2,1H3,(H,15,16,17). The van der Waals surface area contributed by atoms with E-state index < -0.39 is 5.97 Å². The maximum absolute atomic E-state index is 11.5. The minimum atomic E-state index is -0.461. The van der Waals surface area contributed by atoms with Crippen LogP contribution >= 0.6 is 11.8 Å². The molecule has 21 heavy (non-hydrogen) atoms. The molecule has 0 amide bonds. The first kappa shape index (κ1) is 14.2. The van der Waals surface area contributed by atoms with Crippen molar-refractivity contribution in [2.45, 2.75) is 42.5 Å². The second-order valence-electron chi connectivity index (χ2n) is 5.04. The zero-order valence-electron chi connectivity index (χ0n) is 11.8. The molecule has 2 aromatic rings. The zero-order valence-corrected chi connectivity index (χ0v) is 12.6. The smallest absolute Gasteiger partial charge is 0.374 e. The number of esters is 1. The summed E-state index contributed by atoms with van der Waals surface area (Å²) in [6, 6.07) is 1.77. The zero-order chi connectivity index (χ0) is 14.7. The van der Waals surface area contributed by atoms with Gasteiger partial charge in [-0.1, -0.05) is 24.6 Å². The second kappa shape index (κ2) is 6.34. The largest absolute Gasteiger partial charge is 0.463 e. The first-order valence-electron chi connectivity index (χ1n) is 6.97. The first-order chi connectivity index (χ1) is 10.3. The van der Waals surface area contributed by atoms with Gasteiger partial charge < -0.3 is 9.15 Å². The van der Waals surface area contributed by atoms with Crippen molar-refractivity contribution in [2.75, 3.05) is 7.11 Å². The summed E-state index contributed by atoms with van der Waals surface area (Å²) in [5.74, 6) is 1.86. The van der Waals surface area contributed by atoms with Gasteiger partial charge in [0.2, 0.25) is 10.9 Å². The number of hydrogen-bond donors (Lipinski definition) is 1. The predicted octanol–water partition coefficient (Wildman–Crippen LogP) is 3.13. The second-order valence-corrected chi connectivity index (χ2v) is 5.98. The molecule has 1 fully saturated rings. The number of ether oxygens (including phenoxy) is 1. The Labute approximate surface area is 126 Å². The molecule has 1 saturated carbocycles. The van der Waals surface area contributed by atoms with Crippen LogP contribution in [0.25, 0.3) is 0 Å². The maximum atomic E-state index is 11.5. The molecule has 112 valence electrons. The molecule has 2 aromatic heterocycles. The third-order valence-corrected chi connectivity index (χ3v) is 4.59. The Hall–Kier alpha value is -1.76. The average molecular weight is 307 g/mol. The van der Waals surface area contributed by atoms with Crippen molar-refractivity contribution < 1.29 is 13.9 Å². The highest BCUT2D eigenvalue weighted by molar-refractivity contribution is 7.98. The molecule has 1 aliphatic rings. The number of nitrogens with one attached hydrogen (secondary N) is 1. The normalized spacial score (nSPS) is 15.5. The van der Waals surface area contributed by atoms with Gasteiger partial charge in [0.25, 0.3) is 0 Å². The Morgan fingerprint density at radius 3 is 3.10 bits per heavy atom. The van der Waals surface area contributed by atoms with Crippen molar-refractivity contribution in [1.29, 1.82) is 0 Å². The molecule has 0 radical (unpaired) electrons. The van der Waals surface area contributed by atoms with E-state index in [2.05, 4.69) is 19.9 Å². The van der Waals surface area contributed by atoms with Crippen LogP contribution in [0.5, 0.6) is 0 Å². The van der Waals surface area contributed by atoms with Gasteiger partial charge in [0.1, 0.15) is 5.82 Å². The molecule has 0 unspecified atom stereocenters. The van der Waals surface area contributed by atoms with E-state index in [0.717, 1.165) is 11.4 Å². The molecular weight excluding hydrogens is 290 g/mol. The lowest BCUT2D eigenvalue weighted by atomic mass is 10.1. The van der Waals surface area contributed by atoms with E-state index in [9.17, 15) is 4.79 Å². The Balaban J connectivity index is 1.63. The van der Waals surface area contributed by atoms with Crippen LogP contribution in [0.15, 0.2) is 21.9 Å². The van der Waals surface area contributed by atoms with Crippen molar-refractivity contribution in [2.24, 2.45) is 0 Å². The number of carbonyl (C=O) groups excluding carboxylic acids is 1. The van der Waals surface area contributed by atoms with Gasteiger partial charge in [-0.25, -0.2) is 9.78 Å². The third-order valence-electron chi connectivity index (χ3n) is 3.70. The summed E-state index contributed by atoms with van der Waals surface area (Å²) in [6.45, 7) is 0. The topological polar surface area (TPSA) is 81.0 Å². The van der Waals surface area contributed by atoms with E-state index in [4.69, 9.17) is 4.42 Å². The molecule has 7 heteroatoms. The fourth-order valence-corrected chi connectivity index (χ4v) is 3.35. The highest BCUT2D eigenvalue weighted by Gasteiger charge is 2.21. The quantitative estimate of drug-likeness (QED) is 0.675. The molecule has 0 spiro atoms. The Morgan fingerprint density at radius 2 is 2.33 bits per heavy atom. The molecule has 0 atom stereocenters. The van der Waals surface area contributed by atoms with E-state index >= 15 is 0 Å². The van der Waals surface area contributed by atoms with Crippen LogP contribution < -0.4 is 0 Å². The van der Waals surface area contributed by atoms with Gasteiger partial charge in [-0.15, -0.1) is 5.10 Å². The molecule has 0 aliphatic heterocycles. The fourth-order valence-electron chi connectivity index (χ4n) is 2.57. The molecule has 6 nitrogen and oxygen atoms in total. The van der Waals surface area contributed by atoms with Gasteiger partial charge in [-0.05, 0) is 18.9 Å². The highest BCUT2D eigenvalue weighted by Crippen LogP contribution is 2.33. The average Bonchev–Trinajstić information content (AvgIpc) is 3.23. The molecule has 2 heterocycles. The number of methoxy groups -OCH3 is 1. The van der Waals surface area contributed by atoms with Crippen molar-refractivity contribution in [1.82, 2.24) is 15.2 Å². The molecule has 1 aliphatic carbocycles. The number of carbonyl (C=O) groups is 1. The molecule has 0 aromatic carbocycles. The molecular formula is C14H17N3O3S. The molecule has 1 N–H and O–H groups in total. The number of hydrogen-bond acceptors (Lipinski definition) is 6. The maximum Gasteiger partial charge on any atom is 0.374 e. The van der Waals surface area contributed by atoms with Crippen LogP contribution in [-0.2, 0) is 10.5 Å². The van der Waals surface area contributed by atoms with E-state index in [0.29, 0.717) is 16.8 Å². The van der Waals surface area contributed by atoms with E-state index in [1.165, 1.54) is 50.8 Å². The van der Waals surface area contributed by atoms with Crippen LogP contribution in [0.3, 0.4) is 0 Å². The summed E-state index contributed by atoms with van der Waals surface area (Å²) in [7, 11) is 1.34. The minimum Gasteiger partial charge on any atom is -0.463 e. The van der Waals surface area contributed by atoms with Crippen LogP contribution in [0, 0.1) is 0 Å². The third kappa shape index (κ3) is 3.12. The lowest BCUT2D eigenvalue weighted by Crippen LogP contribution is -2.02. The van der Waals surface area contributed by atoms with Gasteiger partial charge in [0.15, 0.2) is 0 Å². The predicted molar refractivity (Wildman–Crippen MR) is 77.2 cm³/mol. The number of aromatic nitrogens is 3. The van der Waals surface area contributed by atoms with Crippen LogP contribution in [0.1, 0.15) is 53.5 Å². The van der Waals surface area contributed by atoms with Crippen LogP contribution in [-0.4, -0.2) is 28.3 Å². The van der Waals surface area contributed by atoms with Crippen molar-refractivity contribution in [3.63, 3.8) is 0 Å². The lowest BCUT2D eigenvalue weighted by Gasteiger charge is -2.01. The van der Waals surface area contributed by atoms with Crippen molar-refractivity contribution in [3.8, 4) is 0 Å². The van der Waals surface area contributed by atoms with Crippen molar-refractivity contribution in [3.05, 3.63) is 29.5 Å². The molecule has 0 saturated heterocycles. The number of nitrogens with zero attached hydrogens (tertiary/aromatic N) is 2. The Bertz CT molecular complexity index is 617. The summed E-state index contributed by atoms with van der Waals surface area (Å²) in [5.41, 5.74) is 0.791. The van der Waals surface area contributed by atoms with E-state index in [1.54, 1.807) is 6.07 Å². The first-order valence-corrected chi connectivity index (χ1v) is 7.96. The van der Waals surface area contributed by atoms with E-state index in [1.807, 2.05) is 0 Å². The van der Waals surface area contributed by atoms with Gasteiger partial charge in [-0.2, -0.15) is 0 Å². The molecule has 3 rings (SSSR count). The molecule has 0 bridgehead atoms. The lowest BCUT2D eigenvalue weighted by molar-refractivity contribution is 0.0564. The number of aromatic amines is 1.